The van der Waals surface area contributed by atoms with E-state index in [1.807, 2.05) is 77.2 Å². The Labute approximate surface area is 465 Å². The van der Waals surface area contributed by atoms with Crippen LogP contribution in [0, 0.1) is 17.8 Å². The summed E-state index contributed by atoms with van der Waals surface area (Å²) in [5.41, 5.74) is 4.48. The van der Waals surface area contributed by atoms with Crippen molar-refractivity contribution in [3.8, 4) is 5.75 Å². The zero-order valence-electron chi connectivity index (χ0n) is 45.8. The number of imide groups is 1. The van der Waals surface area contributed by atoms with E-state index in [9.17, 15) is 43.2 Å². The van der Waals surface area contributed by atoms with Gasteiger partial charge in [0.25, 0.3) is 17.7 Å². The van der Waals surface area contributed by atoms with Gasteiger partial charge in [-0.3, -0.25) is 43.3 Å². The SMILES string of the molecule is CC(C)C[C@H](NC(=O)CCCN1C(=O)C=CC1=O)C(=O)C[C@@H](C)C(=O)N[C@@H](CC(C)C)C(=O)Cc1ccc(C(=O)Cc2ccc3[nH]c(C(=O)N4C[C@@H](CCl)c5c4cc(OC(=O)N4CCN(C)CC4)c4ccccc54)cc3c2)cc1. The molecule has 0 saturated carbocycles. The zero-order valence-corrected chi connectivity index (χ0v) is 46.5. The average molecular weight is 1100 g/mol. The molecule has 3 aliphatic heterocycles. The van der Waals surface area contributed by atoms with E-state index in [-0.39, 0.29) is 85.5 Å². The maximum Gasteiger partial charge on any atom is 0.415 e. The Hall–Kier alpha value is -7.50. The molecular formula is C61H70ClN7O10. The Morgan fingerprint density at radius 3 is 2.05 bits per heavy atom. The minimum atomic E-state index is -0.840. The third-order valence-electron chi connectivity index (χ3n) is 14.9. The smallest absolute Gasteiger partial charge is 0.409 e. The number of H-pyrrole nitrogens is 1. The first-order chi connectivity index (χ1) is 37.8. The molecule has 4 heterocycles. The van der Waals surface area contributed by atoms with Gasteiger partial charge in [0.1, 0.15) is 11.4 Å². The number of rotatable bonds is 23. The molecule has 1 fully saturated rings. The molecule has 3 N–H and O–H groups in total. The molecule has 0 unspecified atom stereocenters. The van der Waals surface area contributed by atoms with E-state index in [4.69, 9.17) is 16.3 Å². The van der Waals surface area contributed by atoms with Crippen molar-refractivity contribution in [2.45, 2.75) is 97.6 Å². The van der Waals surface area contributed by atoms with Crippen molar-refractivity contribution in [2.24, 2.45) is 17.8 Å². The summed E-state index contributed by atoms with van der Waals surface area (Å²) in [4.78, 5) is 129. The van der Waals surface area contributed by atoms with Gasteiger partial charge >= 0.3 is 6.09 Å². The number of carbonyl (C=O) groups excluding carboxylic acids is 9. The van der Waals surface area contributed by atoms with Crippen LogP contribution in [0.25, 0.3) is 21.7 Å². The average Bonchev–Trinajstić information content (AvgIpc) is 4.35. The van der Waals surface area contributed by atoms with Crippen LogP contribution in [0.3, 0.4) is 0 Å². The Bertz CT molecular complexity index is 3180. The predicted molar refractivity (Wildman–Crippen MR) is 302 cm³/mol. The van der Waals surface area contributed by atoms with Crippen LogP contribution in [-0.4, -0.2) is 137 Å². The molecule has 8 rings (SSSR count). The lowest BCUT2D eigenvalue weighted by molar-refractivity contribution is -0.137. The monoisotopic (exact) mass is 1100 g/mol. The summed E-state index contributed by atoms with van der Waals surface area (Å²) in [6.07, 6.45) is 2.81. The molecule has 1 aromatic heterocycles. The van der Waals surface area contributed by atoms with E-state index < -0.39 is 47.7 Å². The normalized spacial score (nSPS) is 16.7. The highest BCUT2D eigenvalue weighted by Gasteiger charge is 2.37. The minimum absolute atomic E-state index is 0.000246. The summed E-state index contributed by atoms with van der Waals surface area (Å²) in [7, 11) is 2.02. The van der Waals surface area contributed by atoms with E-state index in [0.717, 1.165) is 45.3 Å². The quantitative estimate of drug-likeness (QED) is 0.0324. The highest BCUT2D eigenvalue weighted by Crippen LogP contribution is 2.46. The first kappa shape index (κ1) is 57.7. The number of hydrogen-bond acceptors (Lipinski definition) is 11. The van der Waals surface area contributed by atoms with Crippen molar-refractivity contribution in [1.82, 2.24) is 30.3 Å². The molecule has 17 nitrogen and oxygen atoms in total. The third-order valence-corrected chi connectivity index (χ3v) is 15.3. The lowest BCUT2D eigenvalue weighted by Gasteiger charge is -2.31. The zero-order chi connectivity index (χ0) is 56.7. The van der Waals surface area contributed by atoms with Gasteiger partial charge in [-0.15, -0.1) is 11.6 Å². The molecule has 4 aromatic carbocycles. The summed E-state index contributed by atoms with van der Waals surface area (Å²) >= 11 is 6.57. The fourth-order valence-corrected chi connectivity index (χ4v) is 10.8. The van der Waals surface area contributed by atoms with Crippen molar-refractivity contribution < 1.29 is 47.9 Å². The second kappa shape index (κ2) is 25.5. The second-order valence-electron chi connectivity index (χ2n) is 22.1. The molecule has 0 spiro atoms. The van der Waals surface area contributed by atoms with Gasteiger partial charge in [0, 0.05) is 123 Å². The first-order valence-electron chi connectivity index (χ1n) is 27.3. The van der Waals surface area contributed by atoms with Gasteiger partial charge in [0.05, 0.1) is 17.8 Å². The molecule has 416 valence electrons. The molecule has 5 aromatic rings. The van der Waals surface area contributed by atoms with E-state index in [1.54, 1.807) is 53.1 Å². The lowest BCUT2D eigenvalue weighted by atomic mass is 9.92. The second-order valence-corrected chi connectivity index (χ2v) is 22.4. The van der Waals surface area contributed by atoms with Crippen molar-refractivity contribution in [1.29, 1.82) is 0 Å². The molecule has 0 radical (unpaired) electrons. The summed E-state index contributed by atoms with van der Waals surface area (Å²) in [6, 6.07) is 22.0. The molecule has 79 heavy (non-hydrogen) atoms. The number of nitrogens with zero attached hydrogens (tertiary/aromatic N) is 4. The number of anilines is 1. The Kier molecular flexibility index (Phi) is 18.6. The molecule has 0 bridgehead atoms. The summed E-state index contributed by atoms with van der Waals surface area (Å²) in [5, 5.41) is 8.05. The lowest BCUT2D eigenvalue weighted by Crippen LogP contribution is -2.48. The fraction of sp³-hybridized carbons (Fsp3) is 0.426. The number of Topliss-reactive ketones (excluding diaryl/α,β-unsaturated/α-hetero) is 3. The number of carbonyl (C=O) groups is 9. The number of hydrogen-bond donors (Lipinski definition) is 3. The fourth-order valence-electron chi connectivity index (χ4n) is 10.6. The van der Waals surface area contributed by atoms with E-state index in [2.05, 4.69) is 20.5 Å². The number of nitrogens with one attached hydrogen (secondary N) is 3. The molecule has 1 saturated heterocycles. The molecule has 6 amide bonds. The van der Waals surface area contributed by atoms with Crippen LogP contribution in [-0.2, 0) is 41.6 Å². The van der Waals surface area contributed by atoms with E-state index in [1.165, 1.54) is 12.2 Å². The summed E-state index contributed by atoms with van der Waals surface area (Å²) < 4.78 is 6.07. The molecule has 18 heteroatoms. The highest BCUT2D eigenvalue weighted by molar-refractivity contribution is 6.19. The van der Waals surface area contributed by atoms with Crippen molar-refractivity contribution in [2.75, 3.05) is 57.1 Å². The number of benzene rings is 4. The molecule has 3 aliphatic rings. The summed E-state index contributed by atoms with van der Waals surface area (Å²) in [6.45, 7) is 12.4. The van der Waals surface area contributed by atoms with E-state index in [0.29, 0.717) is 66.3 Å². The number of aromatic amines is 1. The molecule has 4 atom stereocenters. The van der Waals surface area contributed by atoms with Gasteiger partial charge in [-0.1, -0.05) is 89.2 Å². The number of aromatic nitrogens is 1. The number of alkyl halides is 1. The number of amides is 6. The van der Waals surface area contributed by atoms with Crippen LogP contribution >= 0.6 is 11.6 Å². The van der Waals surface area contributed by atoms with Gasteiger partial charge in [-0.2, -0.15) is 0 Å². The van der Waals surface area contributed by atoms with Gasteiger partial charge in [0.2, 0.25) is 11.8 Å². The highest BCUT2D eigenvalue weighted by atomic mass is 35.5. The number of ether oxygens (including phenoxy) is 1. The maximum absolute atomic E-state index is 14.5. The topological polar surface area (TPSA) is 216 Å². The van der Waals surface area contributed by atoms with E-state index >= 15 is 0 Å². The minimum Gasteiger partial charge on any atom is -0.409 e. The first-order valence-corrected chi connectivity index (χ1v) is 27.8. The summed E-state index contributed by atoms with van der Waals surface area (Å²) in [5.74, 6) is -2.87. The Balaban J connectivity index is 0.865. The van der Waals surface area contributed by atoms with Crippen LogP contribution < -0.4 is 20.3 Å². The Morgan fingerprint density at radius 1 is 0.747 bits per heavy atom. The molecular weight excluding hydrogens is 1030 g/mol. The number of likely N-dealkylation sites (N-methyl/N-ethyl adjacent to an activating group) is 1. The van der Waals surface area contributed by atoms with Crippen LogP contribution in [0.2, 0.25) is 0 Å². The van der Waals surface area contributed by atoms with Crippen LogP contribution in [0.5, 0.6) is 5.75 Å². The van der Waals surface area contributed by atoms with Crippen molar-refractivity contribution in [3.05, 3.63) is 119 Å². The van der Waals surface area contributed by atoms with Gasteiger partial charge in [-0.05, 0) is 78.4 Å². The van der Waals surface area contributed by atoms with Crippen LogP contribution in [0.1, 0.15) is 110 Å². The largest absolute Gasteiger partial charge is 0.415 e. The number of halogens is 1. The van der Waals surface area contributed by atoms with Crippen molar-refractivity contribution in [3.63, 3.8) is 0 Å². The number of piperazine rings is 1. The molecule has 0 aliphatic carbocycles. The van der Waals surface area contributed by atoms with Crippen molar-refractivity contribution >= 4 is 91.9 Å². The Morgan fingerprint density at radius 2 is 1.39 bits per heavy atom. The predicted octanol–water partition coefficient (Wildman–Crippen LogP) is 7.95. The van der Waals surface area contributed by atoms with Crippen LogP contribution in [0.4, 0.5) is 10.5 Å². The van der Waals surface area contributed by atoms with Gasteiger partial charge in [-0.25, -0.2) is 4.79 Å². The van der Waals surface area contributed by atoms with Gasteiger partial charge < -0.3 is 35.1 Å². The number of ketones is 3. The van der Waals surface area contributed by atoms with Gasteiger partial charge in [0.15, 0.2) is 17.3 Å². The number of fused-ring (bicyclic) bond motifs is 4. The maximum atomic E-state index is 14.5. The standard InChI is InChI=1S/C61H70ClN7O10/c1-36(2)26-47(64-55(73)12-9-21-68-56(74)19-20-57(68)75)52(71)28-38(5)59(76)65-48(27-37(3)4)53(72)30-39-13-16-41(17-14-39)51(70)31-40-15-18-46-42(29-40)32-49(63-46)60(77)69-35-43(34-62)58-45-11-8-7-10-44(45)54(33-50(58)69)79-61(78)67-24-22-66(6)23-25-67/h7-8,10-11,13-20,29,32-33,36-38,43,47-48,63H,9,12,21-28,30-31,34-35H2,1-6H3,(H,64,73)(H,65,76)/t38-,43-,47+,48+/m1/s1. The third kappa shape index (κ3) is 14.0. The van der Waals surface area contributed by atoms with Crippen LogP contribution in [0.15, 0.2) is 91.0 Å².